The van der Waals surface area contributed by atoms with Gasteiger partial charge in [0.1, 0.15) is 55.4 Å². The molecule has 0 spiro atoms. The Morgan fingerprint density at radius 1 is 0.449 bits per heavy atom. The van der Waals surface area contributed by atoms with E-state index in [-0.39, 0.29) is 26.1 Å². The molecule has 406 valence electrons. The Kier molecular flexibility index (Phi) is 38.3. The van der Waals surface area contributed by atoms with Crippen LogP contribution in [0.5, 0.6) is 0 Å². The van der Waals surface area contributed by atoms with Gasteiger partial charge in [0.05, 0.1) is 19.8 Å². The van der Waals surface area contributed by atoms with E-state index in [1.807, 2.05) is 0 Å². The van der Waals surface area contributed by atoms with Gasteiger partial charge in [-0.1, -0.05) is 193 Å². The summed E-state index contributed by atoms with van der Waals surface area (Å²) in [5, 5.41) is 72.1. The third-order valence-corrected chi connectivity index (χ3v) is 13.5. The van der Waals surface area contributed by atoms with Crippen molar-refractivity contribution in [3.63, 3.8) is 0 Å². The Hall–Kier alpha value is -1.76. The summed E-state index contributed by atoms with van der Waals surface area (Å²) in [4.78, 5) is 25.7. The topological polar surface area (TPSA) is 231 Å². The lowest BCUT2D eigenvalue weighted by atomic mass is 9.98. The molecule has 69 heavy (non-hydrogen) atoms. The molecule has 2 saturated heterocycles. The summed E-state index contributed by atoms with van der Waals surface area (Å²) in [6.07, 6.45) is 25.5. The second-order valence-electron chi connectivity index (χ2n) is 19.8. The first-order valence-electron chi connectivity index (χ1n) is 27.8. The lowest BCUT2D eigenvalue weighted by molar-refractivity contribution is -0.332. The standard InChI is InChI=1S/C54H100O15/c1-3-5-7-9-11-13-15-16-17-18-19-20-21-22-23-24-25-26-27-29-30-32-34-36-45(56)64-39-42(67-46(57)37-35-33-31-28-14-12-10-8-6-4-2)40-65-53-52(63)50(61)48(59)44(69-53)41-66-54-51(62)49(60)47(58)43(38-55)68-54/h8,10,42-44,47-55,58-63H,3-7,9,11-41H2,1-2H3/b10-8-. The SMILES string of the molecule is CCC/C=C\CCCCCCCC(=O)OC(COC(=O)CCCCCCCCCCCCCCCCCCCCCCCCC)COC1OC(COC2OC(CO)C(O)C(O)C2O)C(O)C(O)C1O. The van der Waals surface area contributed by atoms with E-state index in [0.717, 1.165) is 64.2 Å². The van der Waals surface area contributed by atoms with Crippen molar-refractivity contribution < 1.29 is 73.8 Å². The highest BCUT2D eigenvalue weighted by Gasteiger charge is 2.47. The summed E-state index contributed by atoms with van der Waals surface area (Å²) < 4.78 is 33.6. The smallest absolute Gasteiger partial charge is 0.306 e. The summed E-state index contributed by atoms with van der Waals surface area (Å²) >= 11 is 0. The molecular formula is C54H100O15. The van der Waals surface area contributed by atoms with Crippen molar-refractivity contribution in [1.29, 1.82) is 0 Å². The molecule has 2 fully saturated rings. The highest BCUT2D eigenvalue weighted by atomic mass is 16.7. The highest BCUT2D eigenvalue weighted by molar-refractivity contribution is 5.70. The molecule has 0 amide bonds. The van der Waals surface area contributed by atoms with Crippen molar-refractivity contribution in [2.75, 3.05) is 26.4 Å². The molecule has 0 aromatic heterocycles. The second kappa shape index (κ2) is 41.7. The number of aliphatic hydroxyl groups excluding tert-OH is 7. The molecule has 2 rings (SSSR count). The molecule has 0 saturated carbocycles. The molecule has 11 atom stereocenters. The van der Waals surface area contributed by atoms with Gasteiger partial charge in [-0.05, 0) is 32.1 Å². The molecule has 15 nitrogen and oxygen atoms in total. The van der Waals surface area contributed by atoms with Gasteiger partial charge >= 0.3 is 11.9 Å². The molecule has 0 radical (unpaired) electrons. The monoisotopic (exact) mass is 989 g/mol. The summed E-state index contributed by atoms with van der Waals surface area (Å²) in [5.41, 5.74) is 0. The lowest BCUT2D eigenvalue weighted by Gasteiger charge is -2.42. The maximum atomic E-state index is 13.0. The maximum absolute atomic E-state index is 13.0. The Bertz CT molecular complexity index is 1250. The number of esters is 2. The van der Waals surface area contributed by atoms with Crippen molar-refractivity contribution in [2.45, 2.75) is 293 Å². The summed E-state index contributed by atoms with van der Waals surface area (Å²) in [6.45, 7) is 2.55. The largest absolute Gasteiger partial charge is 0.462 e. The fourth-order valence-electron chi connectivity index (χ4n) is 8.93. The Balaban J connectivity index is 1.70. The Labute approximate surface area is 416 Å². The summed E-state index contributed by atoms with van der Waals surface area (Å²) in [6, 6.07) is 0. The molecule has 0 aromatic rings. The van der Waals surface area contributed by atoms with Gasteiger partial charge in [0, 0.05) is 12.8 Å². The van der Waals surface area contributed by atoms with Gasteiger partial charge in [0.25, 0.3) is 0 Å². The lowest BCUT2D eigenvalue weighted by Crippen LogP contribution is -2.61. The molecule has 11 unspecified atom stereocenters. The van der Waals surface area contributed by atoms with Crippen LogP contribution in [-0.2, 0) is 38.0 Å². The van der Waals surface area contributed by atoms with Crippen molar-refractivity contribution >= 4 is 11.9 Å². The fourth-order valence-corrected chi connectivity index (χ4v) is 8.93. The molecule has 2 aliphatic rings. The van der Waals surface area contributed by atoms with Crippen LogP contribution in [0, 0.1) is 0 Å². The summed E-state index contributed by atoms with van der Waals surface area (Å²) in [7, 11) is 0. The predicted molar refractivity (Wildman–Crippen MR) is 266 cm³/mol. The van der Waals surface area contributed by atoms with E-state index in [2.05, 4.69) is 26.0 Å². The van der Waals surface area contributed by atoms with Crippen LogP contribution in [0.2, 0.25) is 0 Å². The number of hydrogen-bond acceptors (Lipinski definition) is 15. The van der Waals surface area contributed by atoms with Crippen LogP contribution in [0.15, 0.2) is 12.2 Å². The molecule has 2 aliphatic heterocycles. The number of aliphatic hydroxyl groups is 7. The number of ether oxygens (including phenoxy) is 6. The quantitative estimate of drug-likeness (QED) is 0.0172. The van der Waals surface area contributed by atoms with Gasteiger partial charge in [-0.25, -0.2) is 0 Å². The second-order valence-corrected chi connectivity index (χ2v) is 19.8. The van der Waals surface area contributed by atoms with Gasteiger partial charge < -0.3 is 64.2 Å². The average molecular weight is 989 g/mol. The van der Waals surface area contributed by atoms with Crippen LogP contribution in [0.1, 0.15) is 226 Å². The van der Waals surface area contributed by atoms with Crippen LogP contribution in [0.4, 0.5) is 0 Å². The first-order chi connectivity index (χ1) is 33.5. The van der Waals surface area contributed by atoms with Crippen LogP contribution < -0.4 is 0 Å². The first-order valence-corrected chi connectivity index (χ1v) is 27.8. The molecular weight excluding hydrogens is 889 g/mol. The minimum Gasteiger partial charge on any atom is -0.462 e. The zero-order valence-electron chi connectivity index (χ0n) is 43.1. The number of unbranched alkanes of at least 4 members (excludes halogenated alkanes) is 28. The van der Waals surface area contributed by atoms with Gasteiger partial charge in [-0.3, -0.25) is 9.59 Å². The number of carbonyl (C=O) groups is 2. The zero-order chi connectivity index (χ0) is 50.3. The van der Waals surface area contributed by atoms with E-state index in [9.17, 15) is 45.3 Å². The number of allylic oxidation sites excluding steroid dienone is 2. The fraction of sp³-hybridized carbons (Fsp3) is 0.926. The molecule has 15 heteroatoms. The highest BCUT2D eigenvalue weighted by Crippen LogP contribution is 2.27. The van der Waals surface area contributed by atoms with E-state index in [1.54, 1.807) is 0 Å². The van der Waals surface area contributed by atoms with E-state index >= 15 is 0 Å². The molecule has 0 aliphatic carbocycles. The summed E-state index contributed by atoms with van der Waals surface area (Å²) in [5.74, 6) is -0.926. The van der Waals surface area contributed by atoms with E-state index in [4.69, 9.17) is 28.4 Å². The Morgan fingerprint density at radius 2 is 0.855 bits per heavy atom. The predicted octanol–water partition coefficient (Wildman–Crippen LogP) is 8.55. The van der Waals surface area contributed by atoms with Gasteiger partial charge in [-0.15, -0.1) is 0 Å². The van der Waals surface area contributed by atoms with Crippen LogP contribution in [0.3, 0.4) is 0 Å². The minimum absolute atomic E-state index is 0.158. The normalized spacial score (nSPS) is 25.6. The van der Waals surface area contributed by atoms with E-state index < -0.39 is 92.7 Å². The third-order valence-electron chi connectivity index (χ3n) is 13.5. The maximum Gasteiger partial charge on any atom is 0.306 e. The van der Waals surface area contributed by atoms with Crippen LogP contribution in [-0.4, -0.2) is 142 Å². The van der Waals surface area contributed by atoms with Crippen LogP contribution in [0.25, 0.3) is 0 Å². The minimum atomic E-state index is -1.76. The van der Waals surface area contributed by atoms with E-state index in [1.165, 1.54) is 122 Å². The first kappa shape index (κ1) is 63.4. The van der Waals surface area contributed by atoms with Gasteiger partial charge in [0.2, 0.25) is 0 Å². The number of carbonyl (C=O) groups excluding carboxylic acids is 2. The average Bonchev–Trinajstić information content (AvgIpc) is 3.34. The van der Waals surface area contributed by atoms with Crippen molar-refractivity contribution in [3.05, 3.63) is 12.2 Å². The number of rotatable bonds is 44. The molecule has 7 N–H and O–H groups in total. The van der Waals surface area contributed by atoms with Crippen molar-refractivity contribution in [1.82, 2.24) is 0 Å². The molecule has 0 bridgehead atoms. The van der Waals surface area contributed by atoms with Gasteiger partial charge in [-0.2, -0.15) is 0 Å². The van der Waals surface area contributed by atoms with Crippen molar-refractivity contribution in [2.24, 2.45) is 0 Å². The number of hydrogen-bond donors (Lipinski definition) is 7. The van der Waals surface area contributed by atoms with E-state index in [0.29, 0.717) is 12.8 Å². The zero-order valence-corrected chi connectivity index (χ0v) is 43.1. The molecule has 2 heterocycles. The van der Waals surface area contributed by atoms with Crippen molar-refractivity contribution in [3.8, 4) is 0 Å². The van der Waals surface area contributed by atoms with Crippen LogP contribution >= 0.6 is 0 Å². The van der Waals surface area contributed by atoms with Gasteiger partial charge in [0.15, 0.2) is 18.7 Å². The third kappa shape index (κ3) is 29.5. The Morgan fingerprint density at radius 3 is 1.33 bits per heavy atom. The molecule has 0 aromatic carbocycles.